The first-order chi connectivity index (χ1) is 9.81. The van der Waals surface area contributed by atoms with Crippen LogP contribution in [0.3, 0.4) is 0 Å². The zero-order valence-electron chi connectivity index (χ0n) is 11.2. The van der Waals surface area contributed by atoms with E-state index in [9.17, 15) is 5.11 Å². The van der Waals surface area contributed by atoms with Gasteiger partial charge in [-0.05, 0) is 29.7 Å². The molecule has 2 aromatic carbocycles. The Morgan fingerprint density at radius 3 is 2.85 bits per heavy atom. The third kappa shape index (κ3) is 1.86. The number of phenols is 1. The quantitative estimate of drug-likeness (QED) is 0.862. The van der Waals surface area contributed by atoms with Crippen molar-refractivity contribution < 1.29 is 9.84 Å². The third-order valence-corrected chi connectivity index (χ3v) is 4.35. The maximum Gasteiger partial charge on any atom is 0.127 e. The number of nitrogens with zero attached hydrogens (tertiary/aromatic N) is 1. The summed E-state index contributed by atoms with van der Waals surface area (Å²) < 4.78 is 5.73. The van der Waals surface area contributed by atoms with Crippen LogP contribution in [0.5, 0.6) is 11.5 Å². The second-order valence-corrected chi connectivity index (χ2v) is 5.54. The van der Waals surface area contributed by atoms with Gasteiger partial charge in [0, 0.05) is 24.7 Å². The first kappa shape index (κ1) is 11.8. The minimum Gasteiger partial charge on any atom is -0.508 e. The molecule has 2 aromatic rings. The molecule has 1 N–H and O–H groups in total. The van der Waals surface area contributed by atoms with Crippen molar-refractivity contribution in [3.05, 3.63) is 59.2 Å². The van der Waals surface area contributed by atoms with Crippen LogP contribution in [0.4, 0.5) is 0 Å². The molecule has 0 fully saturated rings. The van der Waals surface area contributed by atoms with Crippen molar-refractivity contribution in [3.8, 4) is 11.5 Å². The zero-order valence-corrected chi connectivity index (χ0v) is 11.2. The van der Waals surface area contributed by atoms with Crippen molar-refractivity contribution in [2.24, 2.45) is 0 Å². The standard InChI is InChI=1S/C17H17NO2/c19-14-5-6-15-16(11-20-17(15)9-14)18-8-7-12-3-1-2-4-13(12)10-18/h1-6,9,16,19H,7-8,10-11H2. The topological polar surface area (TPSA) is 32.7 Å². The van der Waals surface area contributed by atoms with Gasteiger partial charge in [-0.3, -0.25) is 4.90 Å². The molecule has 0 amide bonds. The predicted molar refractivity (Wildman–Crippen MR) is 76.9 cm³/mol. The van der Waals surface area contributed by atoms with E-state index < -0.39 is 0 Å². The van der Waals surface area contributed by atoms with Crippen LogP contribution in [-0.4, -0.2) is 23.2 Å². The molecule has 0 saturated carbocycles. The van der Waals surface area contributed by atoms with E-state index in [2.05, 4.69) is 29.2 Å². The summed E-state index contributed by atoms with van der Waals surface area (Å²) in [7, 11) is 0. The van der Waals surface area contributed by atoms with Crippen molar-refractivity contribution in [3.63, 3.8) is 0 Å². The number of benzene rings is 2. The minimum atomic E-state index is 0.272. The normalized spacial score (nSPS) is 21.1. The molecule has 1 atom stereocenters. The van der Waals surface area contributed by atoms with Gasteiger partial charge in [0.15, 0.2) is 0 Å². The highest BCUT2D eigenvalue weighted by Gasteiger charge is 2.31. The Labute approximate surface area is 118 Å². The summed E-state index contributed by atoms with van der Waals surface area (Å²) in [5.41, 5.74) is 4.08. The molecule has 0 aliphatic carbocycles. The molecule has 20 heavy (non-hydrogen) atoms. The van der Waals surface area contributed by atoms with Crippen molar-refractivity contribution in [1.29, 1.82) is 0 Å². The number of rotatable bonds is 1. The summed E-state index contributed by atoms with van der Waals surface area (Å²) in [6.07, 6.45) is 1.10. The molecule has 0 radical (unpaired) electrons. The van der Waals surface area contributed by atoms with E-state index in [1.165, 1.54) is 16.7 Å². The number of hydrogen-bond acceptors (Lipinski definition) is 3. The van der Waals surface area contributed by atoms with E-state index in [1.807, 2.05) is 6.07 Å². The van der Waals surface area contributed by atoms with Crippen LogP contribution >= 0.6 is 0 Å². The van der Waals surface area contributed by atoms with Crippen LogP contribution in [0.15, 0.2) is 42.5 Å². The molecule has 4 rings (SSSR count). The molecule has 0 aromatic heterocycles. The summed E-state index contributed by atoms with van der Waals surface area (Å²) in [4.78, 5) is 2.48. The fourth-order valence-corrected chi connectivity index (χ4v) is 3.27. The second kappa shape index (κ2) is 4.53. The molecular formula is C17H17NO2. The number of ether oxygens (including phenoxy) is 1. The van der Waals surface area contributed by atoms with Gasteiger partial charge in [0.25, 0.3) is 0 Å². The van der Waals surface area contributed by atoms with Crippen LogP contribution < -0.4 is 4.74 Å². The first-order valence-corrected chi connectivity index (χ1v) is 7.08. The number of aromatic hydroxyl groups is 1. The Bertz CT molecular complexity index is 653. The summed E-state index contributed by atoms with van der Waals surface area (Å²) in [6.45, 7) is 2.72. The Balaban J connectivity index is 1.62. The lowest BCUT2D eigenvalue weighted by molar-refractivity contribution is 0.149. The Hall–Kier alpha value is -2.00. The molecule has 3 nitrogen and oxygen atoms in total. The van der Waals surface area contributed by atoms with Gasteiger partial charge in [-0.2, -0.15) is 0 Å². The maximum atomic E-state index is 9.53. The van der Waals surface area contributed by atoms with Crippen LogP contribution in [-0.2, 0) is 13.0 Å². The van der Waals surface area contributed by atoms with E-state index in [1.54, 1.807) is 12.1 Å². The van der Waals surface area contributed by atoms with E-state index >= 15 is 0 Å². The molecule has 0 saturated heterocycles. The highest BCUT2D eigenvalue weighted by atomic mass is 16.5. The van der Waals surface area contributed by atoms with Crippen LogP contribution in [0.1, 0.15) is 22.7 Å². The molecule has 2 heterocycles. The second-order valence-electron chi connectivity index (χ2n) is 5.54. The van der Waals surface area contributed by atoms with Gasteiger partial charge in [0.2, 0.25) is 0 Å². The van der Waals surface area contributed by atoms with Crippen LogP contribution in [0, 0.1) is 0 Å². The van der Waals surface area contributed by atoms with Crippen LogP contribution in [0.2, 0.25) is 0 Å². The van der Waals surface area contributed by atoms with E-state index in [0.29, 0.717) is 12.6 Å². The van der Waals surface area contributed by atoms with Gasteiger partial charge < -0.3 is 9.84 Å². The largest absolute Gasteiger partial charge is 0.508 e. The van der Waals surface area contributed by atoms with Crippen molar-refractivity contribution in [2.45, 2.75) is 19.0 Å². The molecule has 102 valence electrons. The minimum absolute atomic E-state index is 0.272. The van der Waals surface area contributed by atoms with Crippen LogP contribution in [0.25, 0.3) is 0 Å². The molecule has 2 aliphatic heterocycles. The lowest BCUT2D eigenvalue weighted by Gasteiger charge is -2.32. The molecule has 0 spiro atoms. The summed E-state index contributed by atoms with van der Waals surface area (Å²) in [5, 5.41) is 9.53. The van der Waals surface area contributed by atoms with Crippen molar-refractivity contribution in [1.82, 2.24) is 4.90 Å². The molecular weight excluding hydrogens is 250 g/mol. The predicted octanol–water partition coefficient (Wildman–Crippen LogP) is 2.88. The van der Waals surface area contributed by atoms with E-state index in [-0.39, 0.29) is 5.75 Å². The number of phenolic OH excluding ortho intramolecular Hbond substituents is 1. The maximum absolute atomic E-state index is 9.53. The monoisotopic (exact) mass is 267 g/mol. The van der Waals surface area contributed by atoms with Gasteiger partial charge in [-0.25, -0.2) is 0 Å². The van der Waals surface area contributed by atoms with E-state index in [0.717, 1.165) is 25.3 Å². The average Bonchev–Trinajstić information content (AvgIpc) is 2.89. The molecule has 1 unspecified atom stereocenters. The number of fused-ring (bicyclic) bond motifs is 2. The highest BCUT2D eigenvalue weighted by Crippen LogP contribution is 2.39. The Morgan fingerprint density at radius 2 is 1.95 bits per heavy atom. The highest BCUT2D eigenvalue weighted by molar-refractivity contribution is 5.44. The fraction of sp³-hybridized carbons (Fsp3) is 0.294. The van der Waals surface area contributed by atoms with Gasteiger partial charge in [0.1, 0.15) is 18.1 Å². The average molecular weight is 267 g/mol. The lowest BCUT2D eigenvalue weighted by Crippen LogP contribution is -2.34. The van der Waals surface area contributed by atoms with Gasteiger partial charge in [-0.15, -0.1) is 0 Å². The lowest BCUT2D eigenvalue weighted by atomic mass is 9.97. The molecule has 3 heteroatoms. The first-order valence-electron chi connectivity index (χ1n) is 7.08. The summed E-state index contributed by atoms with van der Waals surface area (Å²) in [5.74, 6) is 1.10. The molecule has 0 bridgehead atoms. The van der Waals surface area contributed by atoms with Gasteiger partial charge >= 0.3 is 0 Å². The Morgan fingerprint density at radius 1 is 1.10 bits per heavy atom. The summed E-state index contributed by atoms with van der Waals surface area (Å²) >= 11 is 0. The SMILES string of the molecule is Oc1ccc2c(c1)OCC2N1CCc2ccccc2C1. The molecule has 2 aliphatic rings. The van der Waals surface area contributed by atoms with Crippen molar-refractivity contribution >= 4 is 0 Å². The summed E-state index contributed by atoms with van der Waals surface area (Å²) in [6, 6.07) is 14.4. The smallest absolute Gasteiger partial charge is 0.127 e. The number of hydrogen-bond donors (Lipinski definition) is 1. The van der Waals surface area contributed by atoms with Gasteiger partial charge in [-0.1, -0.05) is 24.3 Å². The Kier molecular flexibility index (Phi) is 2.67. The van der Waals surface area contributed by atoms with Gasteiger partial charge in [0.05, 0.1) is 6.04 Å². The van der Waals surface area contributed by atoms with Crippen molar-refractivity contribution in [2.75, 3.05) is 13.2 Å². The van der Waals surface area contributed by atoms with E-state index in [4.69, 9.17) is 4.74 Å². The third-order valence-electron chi connectivity index (χ3n) is 4.35. The zero-order chi connectivity index (χ0) is 13.5. The fourth-order valence-electron chi connectivity index (χ4n) is 3.27.